The number of thiophene rings is 1. The smallest absolute Gasteiger partial charge is 0.258 e. The first kappa shape index (κ1) is 21.9. The van der Waals surface area contributed by atoms with Crippen LogP contribution in [0.15, 0.2) is 75.5 Å². The van der Waals surface area contributed by atoms with Crippen molar-refractivity contribution in [3.63, 3.8) is 0 Å². The Labute approximate surface area is 194 Å². The number of benzene rings is 2. The van der Waals surface area contributed by atoms with E-state index in [1.165, 1.54) is 29.0 Å². The summed E-state index contributed by atoms with van der Waals surface area (Å²) in [6.45, 7) is 6.38. The van der Waals surface area contributed by atoms with Crippen molar-refractivity contribution in [2.24, 2.45) is 10.1 Å². The zero-order chi connectivity index (χ0) is 22.7. The standard InChI is InChI=1S/C24H22N4O2S2/c1-16(2)18-4-8-20(9-5-18)26-24-27(25-14-23-17(3)12-13-31-23)22(15-32-24)19-6-10-21(11-7-19)28(29)30/h4-16H,1-3H3. The molecule has 0 unspecified atom stereocenters. The third-order valence-corrected chi connectivity index (χ3v) is 6.81. The maximum Gasteiger partial charge on any atom is 0.269 e. The molecule has 162 valence electrons. The molecule has 0 saturated carbocycles. The van der Waals surface area contributed by atoms with Gasteiger partial charge in [-0.3, -0.25) is 10.1 Å². The molecule has 2 aromatic carbocycles. The zero-order valence-corrected chi connectivity index (χ0v) is 19.6. The van der Waals surface area contributed by atoms with Crippen LogP contribution in [0.1, 0.15) is 35.8 Å². The summed E-state index contributed by atoms with van der Waals surface area (Å²) in [5.41, 5.74) is 5.00. The Bertz CT molecular complexity index is 1330. The molecular weight excluding hydrogens is 440 g/mol. The van der Waals surface area contributed by atoms with E-state index in [9.17, 15) is 10.1 Å². The van der Waals surface area contributed by atoms with E-state index < -0.39 is 4.92 Å². The molecule has 4 aromatic rings. The fourth-order valence-electron chi connectivity index (χ4n) is 3.11. The van der Waals surface area contributed by atoms with Gasteiger partial charge in [0.25, 0.3) is 5.69 Å². The quantitative estimate of drug-likeness (QED) is 0.181. The van der Waals surface area contributed by atoms with Crippen LogP contribution in [0, 0.1) is 17.0 Å². The fourth-order valence-corrected chi connectivity index (χ4v) is 4.75. The second-order valence-corrected chi connectivity index (χ2v) is 9.37. The largest absolute Gasteiger partial charge is 0.269 e. The first-order chi connectivity index (χ1) is 15.4. The summed E-state index contributed by atoms with van der Waals surface area (Å²) in [5, 5.41) is 19.8. The van der Waals surface area contributed by atoms with Crippen molar-refractivity contribution in [2.75, 3.05) is 0 Å². The van der Waals surface area contributed by atoms with Gasteiger partial charge < -0.3 is 0 Å². The van der Waals surface area contributed by atoms with Gasteiger partial charge in [0.15, 0.2) is 0 Å². The van der Waals surface area contributed by atoms with Gasteiger partial charge in [0.1, 0.15) is 0 Å². The Kier molecular flexibility index (Phi) is 6.43. The summed E-state index contributed by atoms with van der Waals surface area (Å²) in [5.74, 6) is 0.461. The number of non-ortho nitro benzene ring substituents is 1. The second kappa shape index (κ2) is 9.42. The summed E-state index contributed by atoms with van der Waals surface area (Å²) >= 11 is 3.11. The van der Waals surface area contributed by atoms with Gasteiger partial charge in [0.05, 0.1) is 27.4 Å². The van der Waals surface area contributed by atoms with Crippen molar-refractivity contribution < 1.29 is 4.92 Å². The lowest BCUT2D eigenvalue weighted by Gasteiger charge is -2.05. The lowest BCUT2D eigenvalue weighted by Crippen LogP contribution is -2.11. The molecule has 8 heteroatoms. The van der Waals surface area contributed by atoms with E-state index in [1.807, 2.05) is 29.1 Å². The van der Waals surface area contributed by atoms with Gasteiger partial charge in [0.2, 0.25) is 4.80 Å². The molecule has 0 amide bonds. The molecule has 6 nitrogen and oxygen atoms in total. The molecule has 4 rings (SSSR count). The summed E-state index contributed by atoms with van der Waals surface area (Å²) < 4.78 is 1.79. The van der Waals surface area contributed by atoms with Crippen molar-refractivity contribution in [1.82, 2.24) is 4.68 Å². The molecule has 0 atom stereocenters. The molecule has 0 aliphatic carbocycles. The van der Waals surface area contributed by atoms with E-state index in [1.54, 1.807) is 28.1 Å². The zero-order valence-electron chi connectivity index (χ0n) is 17.9. The molecule has 0 bridgehead atoms. The van der Waals surface area contributed by atoms with Gasteiger partial charge in [0, 0.05) is 23.1 Å². The number of aromatic nitrogens is 1. The maximum atomic E-state index is 11.0. The molecule has 2 aromatic heterocycles. The monoisotopic (exact) mass is 462 g/mol. The number of aryl methyl sites for hydroxylation is 1. The minimum atomic E-state index is -0.398. The highest BCUT2D eigenvalue weighted by Gasteiger charge is 2.11. The molecule has 0 N–H and O–H groups in total. The van der Waals surface area contributed by atoms with E-state index in [2.05, 4.69) is 39.0 Å². The van der Waals surface area contributed by atoms with Crippen molar-refractivity contribution in [3.05, 3.63) is 96.3 Å². The lowest BCUT2D eigenvalue weighted by atomic mass is 10.0. The van der Waals surface area contributed by atoms with Crippen LogP contribution in [-0.4, -0.2) is 15.8 Å². The first-order valence-corrected chi connectivity index (χ1v) is 11.9. The molecule has 0 spiro atoms. The molecule has 0 radical (unpaired) electrons. The maximum absolute atomic E-state index is 11.0. The molecule has 32 heavy (non-hydrogen) atoms. The third-order valence-electron chi connectivity index (χ3n) is 5.04. The van der Waals surface area contributed by atoms with Crippen LogP contribution in [0.25, 0.3) is 11.3 Å². The fraction of sp³-hybridized carbons (Fsp3) is 0.167. The van der Waals surface area contributed by atoms with Crippen LogP contribution in [0.5, 0.6) is 0 Å². The molecule has 0 aliphatic heterocycles. The Morgan fingerprint density at radius 3 is 2.34 bits per heavy atom. The molecule has 0 fully saturated rings. The van der Waals surface area contributed by atoms with Crippen molar-refractivity contribution in [3.8, 4) is 11.3 Å². The van der Waals surface area contributed by atoms with Crippen molar-refractivity contribution in [1.29, 1.82) is 0 Å². The van der Waals surface area contributed by atoms with Crippen LogP contribution >= 0.6 is 22.7 Å². The number of thiazole rings is 1. The number of nitro benzene ring substituents is 1. The van der Waals surface area contributed by atoms with E-state index in [-0.39, 0.29) is 5.69 Å². The van der Waals surface area contributed by atoms with Crippen LogP contribution in [0.3, 0.4) is 0 Å². The number of nitrogens with zero attached hydrogens (tertiary/aromatic N) is 4. The topological polar surface area (TPSA) is 72.8 Å². The molecule has 0 aliphatic rings. The highest BCUT2D eigenvalue weighted by atomic mass is 32.1. The van der Waals surface area contributed by atoms with Crippen molar-refractivity contribution in [2.45, 2.75) is 26.7 Å². The van der Waals surface area contributed by atoms with Gasteiger partial charge in [-0.05, 0) is 59.7 Å². The minimum absolute atomic E-state index is 0.0587. The van der Waals surface area contributed by atoms with Gasteiger partial charge in [-0.1, -0.05) is 26.0 Å². The number of nitro groups is 1. The van der Waals surface area contributed by atoms with Crippen LogP contribution in [0.2, 0.25) is 0 Å². The number of hydrogen-bond acceptors (Lipinski definition) is 6. The van der Waals surface area contributed by atoms with Crippen LogP contribution < -0.4 is 4.80 Å². The average Bonchev–Trinajstić information content (AvgIpc) is 3.38. The minimum Gasteiger partial charge on any atom is -0.258 e. The second-order valence-electron chi connectivity index (χ2n) is 7.59. The summed E-state index contributed by atoms with van der Waals surface area (Å²) in [6, 6.07) is 16.8. The highest BCUT2D eigenvalue weighted by molar-refractivity contribution is 7.11. The summed E-state index contributed by atoms with van der Waals surface area (Å²) in [7, 11) is 0. The predicted molar refractivity (Wildman–Crippen MR) is 132 cm³/mol. The van der Waals surface area contributed by atoms with Gasteiger partial charge in [-0.2, -0.15) is 5.10 Å². The Hall–Kier alpha value is -3.36. The predicted octanol–water partition coefficient (Wildman–Crippen LogP) is 6.73. The van der Waals surface area contributed by atoms with E-state index in [0.717, 1.165) is 32.2 Å². The molecule has 2 heterocycles. The van der Waals surface area contributed by atoms with Gasteiger partial charge in [-0.15, -0.1) is 22.7 Å². The average molecular weight is 463 g/mol. The summed E-state index contributed by atoms with van der Waals surface area (Å²) in [4.78, 5) is 17.2. The molecular formula is C24H22N4O2S2. The first-order valence-electron chi connectivity index (χ1n) is 10.1. The van der Waals surface area contributed by atoms with Gasteiger partial charge >= 0.3 is 0 Å². The van der Waals surface area contributed by atoms with Gasteiger partial charge in [-0.25, -0.2) is 9.67 Å². The van der Waals surface area contributed by atoms with Crippen LogP contribution in [0.4, 0.5) is 11.4 Å². The van der Waals surface area contributed by atoms with E-state index >= 15 is 0 Å². The SMILES string of the molecule is Cc1ccsc1C=Nn1c(-c2ccc([N+](=O)[O-])cc2)csc1=Nc1ccc(C(C)C)cc1. The molecule has 0 saturated heterocycles. The van der Waals surface area contributed by atoms with Crippen LogP contribution in [-0.2, 0) is 0 Å². The lowest BCUT2D eigenvalue weighted by molar-refractivity contribution is -0.384. The Morgan fingerprint density at radius 1 is 1.03 bits per heavy atom. The Balaban J connectivity index is 1.80. The number of hydrogen-bond donors (Lipinski definition) is 0. The third kappa shape index (κ3) is 4.76. The highest BCUT2D eigenvalue weighted by Crippen LogP contribution is 2.24. The van der Waals surface area contributed by atoms with Crippen molar-refractivity contribution >= 4 is 40.3 Å². The van der Waals surface area contributed by atoms with E-state index in [0.29, 0.717) is 5.92 Å². The Morgan fingerprint density at radius 2 is 1.75 bits per heavy atom. The number of rotatable bonds is 6. The summed E-state index contributed by atoms with van der Waals surface area (Å²) in [6.07, 6.45) is 1.84. The normalized spacial score (nSPS) is 12.2. The van der Waals surface area contributed by atoms with E-state index in [4.69, 9.17) is 10.1 Å².